The Morgan fingerprint density at radius 2 is 2.06 bits per heavy atom. The summed E-state index contributed by atoms with van der Waals surface area (Å²) in [5.74, 6) is -1.01. The van der Waals surface area contributed by atoms with Crippen LogP contribution in [0.3, 0.4) is 0 Å². The van der Waals surface area contributed by atoms with Gasteiger partial charge in [-0.2, -0.15) is 0 Å². The number of benzene rings is 1. The molecule has 1 aliphatic carbocycles. The topological polar surface area (TPSA) is 57.5 Å². The van der Waals surface area contributed by atoms with Crippen LogP contribution in [0.1, 0.15) is 25.3 Å². The average molecular weight is 285 g/mol. The van der Waals surface area contributed by atoms with Crippen LogP contribution in [0.15, 0.2) is 22.7 Å². The van der Waals surface area contributed by atoms with Gasteiger partial charge >= 0.3 is 5.97 Å². The first kappa shape index (κ1) is 11.5. The lowest BCUT2D eigenvalue weighted by Crippen LogP contribution is -2.03. The van der Waals surface area contributed by atoms with Crippen molar-refractivity contribution in [3.8, 4) is 5.75 Å². The molecule has 4 heteroatoms. The van der Waals surface area contributed by atoms with E-state index in [2.05, 4.69) is 15.9 Å². The summed E-state index contributed by atoms with van der Waals surface area (Å²) in [5.41, 5.74) is 0.625. The highest BCUT2D eigenvalue weighted by atomic mass is 79.9. The van der Waals surface area contributed by atoms with E-state index in [1.165, 1.54) is 0 Å². The van der Waals surface area contributed by atoms with Gasteiger partial charge in [0.2, 0.25) is 0 Å². The number of halogens is 1. The van der Waals surface area contributed by atoms with Crippen LogP contribution in [-0.2, 0) is 4.79 Å². The van der Waals surface area contributed by atoms with Crippen molar-refractivity contribution in [2.45, 2.75) is 19.8 Å². The number of carbonyl (C=O) groups is 1. The van der Waals surface area contributed by atoms with E-state index in [0.29, 0.717) is 0 Å². The summed E-state index contributed by atoms with van der Waals surface area (Å²) < 4.78 is 0.854. The Morgan fingerprint density at radius 1 is 1.44 bits per heavy atom. The van der Waals surface area contributed by atoms with Crippen molar-refractivity contribution in [2.24, 2.45) is 11.3 Å². The molecular formula is C12H13BrO3. The molecule has 0 saturated heterocycles. The van der Waals surface area contributed by atoms with Gasteiger partial charge in [-0.25, -0.2) is 0 Å². The minimum Gasteiger partial charge on any atom is -0.508 e. The van der Waals surface area contributed by atoms with Crippen molar-refractivity contribution >= 4 is 21.9 Å². The molecule has 2 atom stereocenters. The van der Waals surface area contributed by atoms with Gasteiger partial charge in [0, 0.05) is 10.4 Å². The maximum atomic E-state index is 11.1. The molecule has 1 aromatic carbocycles. The van der Waals surface area contributed by atoms with E-state index < -0.39 is 5.97 Å². The average Bonchev–Trinajstić information content (AvgIpc) is 2.73. The van der Waals surface area contributed by atoms with Crippen molar-refractivity contribution < 1.29 is 15.0 Å². The highest BCUT2D eigenvalue weighted by Gasteiger charge is 2.63. The molecule has 2 rings (SSSR count). The third-order valence-electron chi connectivity index (χ3n) is 3.41. The summed E-state index contributed by atoms with van der Waals surface area (Å²) in [6.45, 7) is 3.87. The predicted octanol–water partition coefficient (Wildman–Crippen LogP) is 2.98. The lowest BCUT2D eigenvalue weighted by Gasteiger charge is -2.06. The van der Waals surface area contributed by atoms with Crippen LogP contribution >= 0.6 is 15.9 Å². The number of hydrogen-bond acceptors (Lipinski definition) is 2. The second-order valence-corrected chi connectivity index (χ2v) is 5.68. The van der Waals surface area contributed by atoms with Crippen molar-refractivity contribution in [3.63, 3.8) is 0 Å². The van der Waals surface area contributed by atoms with Crippen LogP contribution in [0.5, 0.6) is 5.75 Å². The molecule has 0 radical (unpaired) electrons. The van der Waals surface area contributed by atoms with Crippen LogP contribution in [-0.4, -0.2) is 16.2 Å². The summed E-state index contributed by atoms with van der Waals surface area (Å²) in [6, 6.07) is 4.97. The zero-order valence-electron chi connectivity index (χ0n) is 9.07. The van der Waals surface area contributed by atoms with Crippen molar-refractivity contribution in [2.75, 3.05) is 0 Å². The molecule has 1 fully saturated rings. The second-order valence-electron chi connectivity index (χ2n) is 4.82. The van der Waals surface area contributed by atoms with Crippen molar-refractivity contribution in [1.82, 2.24) is 0 Å². The Kier molecular flexibility index (Phi) is 2.49. The third kappa shape index (κ3) is 1.61. The van der Waals surface area contributed by atoms with E-state index >= 15 is 0 Å². The van der Waals surface area contributed by atoms with Gasteiger partial charge in [-0.3, -0.25) is 4.79 Å². The maximum Gasteiger partial charge on any atom is 0.307 e. The van der Waals surface area contributed by atoms with Crippen LogP contribution < -0.4 is 0 Å². The first-order valence-electron chi connectivity index (χ1n) is 5.07. The number of carboxylic acids is 1. The largest absolute Gasteiger partial charge is 0.508 e. The molecule has 0 spiro atoms. The number of hydrogen-bond donors (Lipinski definition) is 2. The zero-order valence-corrected chi connectivity index (χ0v) is 10.7. The maximum absolute atomic E-state index is 11.1. The van der Waals surface area contributed by atoms with E-state index in [-0.39, 0.29) is 23.0 Å². The number of carboxylic acid groups (broad SMARTS) is 1. The first-order valence-corrected chi connectivity index (χ1v) is 5.86. The fourth-order valence-electron chi connectivity index (χ4n) is 2.45. The quantitative estimate of drug-likeness (QED) is 0.878. The zero-order chi connectivity index (χ0) is 12.1. The molecule has 0 aromatic heterocycles. The van der Waals surface area contributed by atoms with E-state index in [1.54, 1.807) is 18.2 Å². The molecule has 0 amide bonds. The van der Waals surface area contributed by atoms with Crippen LogP contribution in [0.2, 0.25) is 0 Å². The van der Waals surface area contributed by atoms with Crippen molar-refractivity contribution in [1.29, 1.82) is 0 Å². The summed E-state index contributed by atoms with van der Waals surface area (Å²) in [7, 11) is 0. The van der Waals surface area contributed by atoms with Gasteiger partial charge < -0.3 is 10.2 Å². The Bertz CT molecular complexity index is 454. The summed E-state index contributed by atoms with van der Waals surface area (Å²) in [6.07, 6.45) is 0. The normalized spacial score (nSPS) is 26.4. The van der Waals surface area contributed by atoms with Gasteiger partial charge in [0.05, 0.1) is 5.92 Å². The predicted molar refractivity (Wildman–Crippen MR) is 63.5 cm³/mol. The fraction of sp³-hybridized carbons (Fsp3) is 0.417. The van der Waals surface area contributed by atoms with E-state index in [4.69, 9.17) is 5.11 Å². The number of aromatic hydroxyl groups is 1. The molecule has 0 bridgehead atoms. The lowest BCUT2D eigenvalue weighted by molar-refractivity contribution is -0.139. The van der Waals surface area contributed by atoms with E-state index in [1.807, 2.05) is 13.8 Å². The van der Waals surface area contributed by atoms with Gasteiger partial charge in [0.15, 0.2) is 0 Å². The highest BCUT2D eigenvalue weighted by Crippen LogP contribution is 2.65. The summed E-state index contributed by atoms with van der Waals surface area (Å²) in [4.78, 5) is 11.1. The SMILES string of the molecule is CC1(C)C(C(=O)O)C1c1cc(O)ccc1Br. The van der Waals surface area contributed by atoms with Gasteiger partial charge in [0.25, 0.3) is 0 Å². The molecule has 86 valence electrons. The van der Waals surface area contributed by atoms with Gasteiger partial charge in [0.1, 0.15) is 5.75 Å². The third-order valence-corrected chi connectivity index (χ3v) is 4.13. The highest BCUT2D eigenvalue weighted by molar-refractivity contribution is 9.10. The molecule has 0 aliphatic heterocycles. The number of phenols is 1. The molecule has 2 unspecified atom stereocenters. The molecular weight excluding hydrogens is 272 g/mol. The molecule has 1 aromatic rings. The molecule has 1 saturated carbocycles. The Labute approximate surface area is 102 Å². The Hall–Kier alpha value is -1.03. The Morgan fingerprint density at radius 3 is 2.56 bits per heavy atom. The first-order chi connectivity index (χ1) is 7.35. The summed E-state index contributed by atoms with van der Waals surface area (Å²) >= 11 is 3.40. The number of phenolic OH excluding ortho intramolecular Hbond substituents is 1. The summed E-state index contributed by atoms with van der Waals surface area (Å²) in [5, 5.41) is 18.5. The molecule has 0 heterocycles. The minimum atomic E-state index is -0.773. The fourth-order valence-corrected chi connectivity index (χ4v) is 2.94. The van der Waals surface area contributed by atoms with Gasteiger partial charge in [-0.15, -0.1) is 0 Å². The van der Waals surface area contributed by atoms with Crippen molar-refractivity contribution in [3.05, 3.63) is 28.2 Å². The monoisotopic (exact) mass is 284 g/mol. The minimum absolute atomic E-state index is 0.0357. The van der Waals surface area contributed by atoms with Crippen LogP contribution in [0, 0.1) is 11.3 Å². The molecule has 16 heavy (non-hydrogen) atoms. The van der Waals surface area contributed by atoms with Crippen LogP contribution in [0.25, 0.3) is 0 Å². The van der Waals surface area contributed by atoms with Crippen LogP contribution in [0.4, 0.5) is 0 Å². The molecule has 3 nitrogen and oxygen atoms in total. The smallest absolute Gasteiger partial charge is 0.307 e. The number of rotatable bonds is 2. The second kappa shape index (κ2) is 3.48. The molecule has 2 N–H and O–H groups in total. The lowest BCUT2D eigenvalue weighted by atomic mass is 10.0. The van der Waals surface area contributed by atoms with E-state index in [0.717, 1.165) is 10.0 Å². The van der Waals surface area contributed by atoms with Gasteiger partial charge in [-0.1, -0.05) is 29.8 Å². The molecule has 1 aliphatic rings. The number of aliphatic carboxylic acids is 1. The Balaban J connectivity index is 2.40. The standard InChI is InChI=1S/C12H13BrO3/c1-12(2)9(10(12)11(15)16)7-5-6(14)3-4-8(7)13/h3-5,9-10,14H,1-2H3,(H,15,16). The van der Waals surface area contributed by atoms with E-state index in [9.17, 15) is 9.90 Å². The van der Waals surface area contributed by atoms with Gasteiger partial charge in [-0.05, 0) is 29.2 Å².